The molecule has 0 aliphatic carbocycles. The number of ketones is 1. The van der Waals surface area contributed by atoms with E-state index in [1.165, 1.54) is 18.7 Å². The molecule has 4 rings (SSSR count). The van der Waals surface area contributed by atoms with E-state index in [1.807, 2.05) is 4.72 Å². The van der Waals surface area contributed by atoms with Crippen molar-refractivity contribution in [3.8, 4) is 0 Å². The van der Waals surface area contributed by atoms with Gasteiger partial charge in [-0.3, -0.25) is 9.52 Å². The molecule has 0 aliphatic heterocycles. The lowest BCUT2D eigenvalue weighted by atomic mass is 10.0. The fraction of sp³-hybridized carbons (Fsp3) is 0. The summed E-state index contributed by atoms with van der Waals surface area (Å²) in [5, 5.41) is 0.249. The molecule has 7 nitrogen and oxygen atoms in total. The first-order valence-electron chi connectivity index (χ1n) is 8.36. The van der Waals surface area contributed by atoms with Gasteiger partial charge in [0.2, 0.25) is 5.78 Å². The highest BCUT2D eigenvalue weighted by molar-refractivity contribution is 7.92. The van der Waals surface area contributed by atoms with Gasteiger partial charge in [-0.1, -0.05) is 0 Å². The maximum atomic E-state index is 15.0. The van der Waals surface area contributed by atoms with Crippen LogP contribution < -0.4 is 4.72 Å². The van der Waals surface area contributed by atoms with E-state index in [0.717, 1.165) is 36.4 Å². The van der Waals surface area contributed by atoms with Crippen molar-refractivity contribution < 1.29 is 26.4 Å². The van der Waals surface area contributed by atoms with Gasteiger partial charge in [-0.25, -0.2) is 31.6 Å². The van der Waals surface area contributed by atoms with Gasteiger partial charge < -0.3 is 4.98 Å². The SMILES string of the molecule is O=C(c1c(F)ccc(NS(=O)(=O)c2ccc(F)cc2)c1F)c1c[nH]c2ncncc12. The molecule has 152 valence electrons. The van der Waals surface area contributed by atoms with Crippen LogP contribution in [0.25, 0.3) is 11.0 Å². The predicted molar refractivity (Wildman–Crippen MR) is 101 cm³/mol. The molecule has 30 heavy (non-hydrogen) atoms. The molecule has 0 bridgehead atoms. The van der Waals surface area contributed by atoms with Crippen LogP contribution in [-0.4, -0.2) is 29.2 Å². The number of benzene rings is 2. The van der Waals surface area contributed by atoms with Gasteiger partial charge in [0.25, 0.3) is 10.0 Å². The summed E-state index contributed by atoms with van der Waals surface area (Å²) in [5.41, 5.74) is -1.37. The number of fused-ring (bicyclic) bond motifs is 1. The fourth-order valence-corrected chi connectivity index (χ4v) is 3.90. The monoisotopic (exact) mass is 432 g/mol. The Kier molecular flexibility index (Phi) is 4.74. The molecular formula is C19H11F3N4O3S. The Balaban J connectivity index is 1.75. The third kappa shape index (κ3) is 3.39. The molecule has 0 spiro atoms. The number of halogens is 3. The Labute approximate surface area is 167 Å². The molecule has 11 heteroatoms. The largest absolute Gasteiger partial charge is 0.345 e. The minimum Gasteiger partial charge on any atom is -0.345 e. The van der Waals surface area contributed by atoms with Gasteiger partial charge in [0.15, 0.2) is 5.82 Å². The van der Waals surface area contributed by atoms with E-state index in [9.17, 15) is 26.4 Å². The van der Waals surface area contributed by atoms with Crippen molar-refractivity contribution in [1.82, 2.24) is 15.0 Å². The Morgan fingerprint density at radius 3 is 2.50 bits per heavy atom. The van der Waals surface area contributed by atoms with Crippen LogP contribution in [0.3, 0.4) is 0 Å². The quantitative estimate of drug-likeness (QED) is 0.471. The molecule has 0 radical (unpaired) electrons. The number of carbonyl (C=O) groups is 1. The lowest BCUT2D eigenvalue weighted by Crippen LogP contribution is -2.16. The normalized spacial score (nSPS) is 11.6. The molecule has 2 aromatic heterocycles. The van der Waals surface area contributed by atoms with E-state index in [0.29, 0.717) is 5.65 Å². The molecule has 0 unspecified atom stereocenters. The van der Waals surface area contributed by atoms with E-state index in [-0.39, 0.29) is 15.8 Å². The first kappa shape index (κ1) is 19.6. The number of anilines is 1. The number of nitrogens with zero attached hydrogens (tertiary/aromatic N) is 2. The number of carbonyl (C=O) groups excluding carboxylic acids is 1. The van der Waals surface area contributed by atoms with E-state index in [2.05, 4.69) is 15.0 Å². The molecule has 0 fully saturated rings. The smallest absolute Gasteiger partial charge is 0.261 e. The van der Waals surface area contributed by atoms with Gasteiger partial charge in [-0.2, -0.15) is 0 Å². The molecule has 2 N–H and O–H groups in total. The lowest BCUT2D eigenvalue weighted by Gasteiger charge is -2.12. The average Bonchev–Trinajstić information content (AvgIpc) is 3.14. The maximum absolute atomic E-state index is 15.0. The van der Waals surface area contributed by atoms with Crippen LogP contribution in [0.15, 0.2) is 60.0 Å². The van der Waals surface area contributed by atoms with Crippen molar-refractivity contribution in [2.45, 2.75) is 4.90 Å². The number of nitrogens with one attached hydrogen (secondary N) is 2. The van der Waals surface area contributed by atoms with Crippen LogP contribution in [-0.2, 0) is 10.0 Å². The van der Waals surface area contributed by atoms with Crippen LogP contribution in [0, 0.1) is 17.5 Å². The molecular weight excluding hydrogens is 421 g/mol. The van der Waals surface area contributed by atoms with Crippen molar-refractivity contribution in [1.29, 1.82) is 0 Å². The third-order valence-corrected chi connectivity index (χ3v) is 5.67. The van der Waals surface area contributed by atoms with Gasteiger partial charge in [0, 0.05) is 17.8 Å². The molecule has 0 saturated heterocycles. The molecule has 0 amide bonds. The van der Waals surface area contributed by atoms with E-state index in [1.54, 1.807) is 0 Å². The molecule has 0 saturated carbocycles. The number of aromatic amines is 1. The van der Waals surface area contributed by atoms with E-state index >= 15 is 0 Å². The molecule has 2 aromatic carbocycles. The molecule has 2 heterocycles. The summed E-state index contributed by atoms with van der Waals surface area (Å²) in [6.07, 6.45) is 3.78. The average molecular weight is 432 g/mol. The summed E-state index contributed by atoms with van der Waals surface area (Å²) in [6.45, 7) is 0. The first-order chi connectivity index (χ1) is 14.3. The van der Waals surface area contributed by atoms with Crippen LogP contribution in [0.5, 0.6) is 0 Å². The number of aromatic nitrogens is 3. The Bertz CT molecular complexity index is 1390. The van der Waals surface area contributed by atoms with Crippen molar-refractivity contribution >= 4 is 32.5 Å². The second-order valence-corrected chi connectivity index (χ2v) is 7.84. The number of sulfonamides is 1. The van der Waals surface area contributed by atoms with Crippen molar-refractivity contribution in [2.24, 2.45) is 0 Å². The Morgan fingerprint density at radius 1 is 1.03 bits per heavy atom. The summed E-state index contributed by atoms with van der Waals surface area (Å²) >= 11 is 0. The van der Waals surface area contributed by atoms with Crippen LogP contribution >= 0.6 is 0 Å². The summed E-state index contributed by atoms with van der Waals surface area (Å²) in [6, 6.07) is 5.42. The summed E-state index contributed by atoms with van der Waals surface area (Å²) < 4.78 is 69.2. The topological polar surface area (TPSA) is 105 Å². The van der Waals surface area contributed by atoms with Gasteiger partial charge in [0.05, 0.1) is 21.7 Å². The van der Waals surface area contributed by atoms with Gasteiger partial charge >= 0.3 is 0 Å². The summed E-state index contributed by atoms with van der Waals surface area (Å²) in [7, 11) is -4.31. The summed E-state index contributed by atoms with van der Waals surface area (Å²) in [4.78, 5) is 22.9. The van der Waals surface area contributed by atoms with Gasteiger partial charge in [-0.05, 0) is 36.4 Å². The highest BCUT2D eigenvalue weighted by Crippen LogP contribution is 2.28. The predicted octanol–water partition coefficient (Wildman–Crippen LogP) is 3.41. The zero-order valence-electron chi connectivity index (χ0n) is 14.9. The lowest BCUT2D eigenvalue weighted by molar-refractivity contribution is 0.103. The zero-order valence-corrected chi connectivity index (χ0v) is 15.7. The second-order valence-electron chi connectivity index (χ2n) is 6.16. The van der Waals surface area contributed by atoms with Crippen molar-refractivity contribution in [3.05, 3.63) is 83.7 Å². The molecule has 0 aliphatic rings. The molecule has 4 aromatic rings. The fourth-order valence-electron chi connectivity index (χ4n) is 2.84. The number of hydrogen-bond donors (Lipinski definition) is 2. The maximum Gasteiger partial charge on any atom is 0.261 e. The minimum absolute atomic E-state index is 0.0815. The molecule has 0 atom stereocenters. The zero-order chi connectivity index (χ0) is 21.5. The van der Waals surface area contributed by atoms with E-state index in [4.69, 9.17) is 0 Å². The van der Waals surface area contributed by atoms with Crippen LogP contribution in [0.1, 0.15) is 15.9 Å². The highest BCUT2D eigenvalue weighted by atomic mass is 32.2. The Morgan fingerprint density at radius 2 is 1.77 bits per heavy atom. The first-order valence-corrected chi connectivity index (χ1v) is 9.84. The number of rotatable bonds is 5. The Hall–Kier alpha value is -3.73. The van der Waals surface area contributed by atoms with Crippen molar-refractivity contribution in [3.63, 3.8) is 0 Å². The second kappa shape index (κ2) is 7.26. The van der Waals surface area contributed by atoms with Crippen molar-refractivity contribution in [2.75, 3.05) is 4.72 Å². The third-order valence-electron chi connectivity index (χ3n) is 4.29. The number of hydrogen-bond acceptors (Lipinski definition) is 5. The van der Waals surface area contributed by atoms with Gasteiger partial charge in [-0.15, -0.1) is 0 Å². The number of H-pyrrole nitrogens is 1. The summed E-state index contributed by atoms with van der Waals surface area (Å²) in [5.74, 6) is -4.24. The highest BCUT2D eigenvalue weighted by Gasteiger charge is 2.26. The minimum atomic E-state index is -4.31. The van der Waals surface area contributed by atoms with Gasteiger partial charge in [0.1, 0.15) is 23.6 Å². The standard InChI is InChI=1S/C19H11F3N4O3S/c20-10-1-3-11(4-2-10)30(28,29)26-15-6-5-14(21)16(17(15)22)18(27)12-8-24-19-13(12)7-23-9-25-19/h1-9,26H,(H,23,24,25). The van der Waals surface area contributed by atoms with E-state index < -0.39 is 44.5 Å². The van der Waals surface area contributed by atoms with Crippen LogP contribution in [0.4, 0.5) is 18.9 Å². The van der Waals surface area contributed by atoms with Crippen LogP contribution in [0.2, 0.25) is 0 Å².